The number of hydrogen-bond acceptors (Lipinski definition) is 5. The van der Waals surface area contributed by atoms with E-state index in [4.69, 9.17) is 4.74 Å². The molecule has 0 bridgehead atoms. The maximum Gasteiger partial charge on any atom is 0.238 e. The number of amides is 1. The summed E-state index contributed by atoms with van der Waals surface area (Å²) < 4.78 is 30.3. The largest absolute Gasteiger partial charge is 0.381 e. The molecule has 0 unspecified atom stereocenters. The second-order valence-electron chi connectivity index (χ2n) is 6.32. The molecule has 0 saturated carbocycles. The molecule has 7 heteroatoms. The molecule has 1 aromatic rings. The van der Waals surface area contributed by atoms with Crippen LogP contribution in [0.1, 0.15) is 25.3 Å². The number of benzene rings is 1. The third kappa shape index (κ3) is 4.48. The first-order chi connectivity index (χ1) is 11.3. The van der Waals surface area contributed by atoms with E-state index in [1.807, 2.05) is 43.3 Å². The minimum absolute atomic E-state index is 0.320. The number of sulfone groups is 1. The van der Waals surface area contributed by atoms with Crippen molar-refractivity contribution in [2.45, 2.75) is 36.8 Å². The first-order valence-electron chi connectivity index (χ1n) is 8.17. The number of rotatable bonds is 6. The van der Waals surface area contributed by atoms with E-state index in [1.165, 1.54) is 6.92 Å². The topological polar surface area (TPSA) is 75.7 Å². The van der Waals surface area contributed by atoms with E-state index in [1.54, 1.807) is 0 Å². The zero-order valence-electron chi connectivity index (χ0n) is 14.5. The average molecular weight is 354 g/mol. The SMILES string of the molecule is C[C@@H](C(=O)NCc1ccc(N(C)C)cc1)S(=O)(=O)C1CCOCC1. The Labute approximate surface area is 144 Å². The van der Waals surface area contributed by atoms with Gasteiger partial charge in [0, 0.05) is 39.5 Å². The molecule has 6 nitrogen and oxygen atoms in total. The first-order valence-corrected chi connectivity index (χ1v) is 9.77. The number of anilines is 1. The van der Waals surface area contributed by atoms with Gasteiger partial charge in [-0.05, 0) is 37.5 Å². The van der Waals surface area contributed by atoms with Crippen LogP contribution in [0.2, 0.25) is 0 Å². The monoisotopic (exact) mass is 354 g/mol. The van der Waals surface area contributed by atoms with Crippen molar-refractivity contribution in [1.82, 2.24) is 5.32 Å². The van der Waals surface area contributed by atoms with E-state index in [9.17, 15) is 13.2 Å². The second-order valence-corrected chi connectivity index (χ2v) is 8.87. The Morgan fingerprint density at radius 1 is 1.25 bits per heavy atom. The molecule has 1 N–H and O–H groups in total. The summed E-state index contributed by atoms with van der Waals surface area (Å²) in [5, 5.41) is 1.21. The molecule has 0 radical (unpaired) electrons. The predicted octanol–water partition coefficient (Wildman–Crippen LogP) is 1.35. The number of hydrogen-bond donors (Lipinski definition) is 1. The maximum atomic E-state index is 12.5. The molecule has 134 valence electrons. The smallest absolute Gasteiger partial charge is 0.238 e. The van der Waals surface area contributed by atoms with Gasteiger partial charge in [0.2, 0.25) is 5.91 Å². The lowest BCUT2D eigenvalue weighted by Gasteiger charge is -2.25. The highest BCUT2D eigenvalue weighted by atomic mass is 32.2. The summed E-state index contributed by atoms with van der Waals surface area (Å²) in [5.74, 6) is -0.446. The number of ether oxygens (including phenoxy) is 1. The molecule has 1 aromatic carbocycles. The fourth-order valence-corrected chi connectivity index (χ4v) is 4.50. The summed E-state index contributed by atoms with van der Waals surface area (Å²) in [6.45, 7) is 2.67. The maximum absolute atomic E-state index is 12.5. The molecule has 1 amide bonds. The van der Waals surface area contributed by atoms with Crippen molar-refractivity contribution in [2.75, 3.05) is 32.2 Å². The lowest BCUT2D eigenvalue weighted by molar-refractivity contribution is -0.120. The zero-order chi connectivity index (χ0) is 17.7. The Kier molecular flexibility index (Phi) is 6.23. The van der Waals surface area contributed by atoms with Crippen LogP contribution in [-0.4, -0.2) is 52.1 Å². The summed E-state index contributed by atoms with van der Waals surface area (Å²) >= 11 is 0. The molecule has 24 heavy (non-hydrogen) atoms. The Bertz CT molecular complexity index is 650. The number of carbonyl (C=O) groups excluding carboxylic acids is 1. The number of nitrogens with zero attached hydrogens (tertiary/aromatic N) is 1. The second kappa shape index (κ2) is 7.98. The van der Waals surface area contributed by atoms with Crippen LogP contribution in [0, 0.1) is 0 Å². The van der Waals surface area contributed by atoms with Gasteiger partial charge >= 0.3 is 0 Å². The van der Waals surface area contributed by atoms with Gasteiger partial charge in [0.15, 0.2) is 9.84 Å². The molecule has 0 spiro atoms. The van der Waals surface area contributed by atoms with Gasteiger partial charge in [0.25, 0.3) is 0 Å². The van der Waals surface area contributed by atoms with E-state index in [0.29, 0.717) is 32.6 Å². The quantitative estimate of drug-likeness (QED) is 0.835. The Morgan fingerprint density at radius 2 is 1.83 bits per heavy atom. The van der Waals surface area contributed by atoms with Crippen molar-refractivity contribution in [3.8, 4) is 0 Å². The molecule has 1 heterocycles. The summed E-state index contributed by atoms with van der Waals surface area (Å²) in [6, 6.07) is 7.77. The van der Waals surface area contributed by atoms with Crippen LogP contribution in [-0.2, 0) is 25.9 Å². The van der Waals surface area contributed by atoms with E-state index in [2.05, 4.69) is 5.32 Å². The minimum Gasteiger partial charge on any atom is -0.381 e. The van der Waals surface area contributed by atoms with Crippen LogP contribution in [0.5, 0.6) is 0 Å². The van der Waals surface area contributed by atoms with Crippen LogP contribution in [0.3, 0.4) is 0 Å². The highest BCUT2D eigenvalue weighted by Crippen LogP contribution is 2.20. The van der Waals surface area contributed by atoms with Gasteiger partial charge in [-0.25, -0.2) is 8.42 Å². The Hall–Kier alpha value is -1.60. The standard InChI is InChI=1S/C17H26N2O4S/c1-13(24(21,22)16-8-10-23-11-9-16)17(20)18-12-14-4-6-15(7-5-14)19(2)3/h4-7,13,16H,8-12H2,1-3H3,(H,18,20)/t13-/m0/s1. The van der Waals surface area contributed by atoms with Crippen molar-refractivity contribution in [3.63, 3.8) is 0 Å². The summed E-state index contributed by atoms with van der Waals surface area (Å²) in [5.41, 5.74) is 2.00. The van der Waals surface area contributed by atoms with Crippen molar-refractivity contribution < 1.29 is 17.9 Å². The molecule has 1 aliphatic heterocycles. The van der Waals surface area contributed by atoms with Gasteiger partial charge in [0.1, 0.15) is 5.25 Å². The normalized spacial score (nSPS) is 17.3. The van der Waals surface area contributed by atoms with E-state index < -0.39 is 26.2 Å². The third-order valence-electron chi connectivity index (χ3n) is 4.41. The minimum atomic E-state index is -3.48. The Balaban J connectivity index is 1.93. The van der Waals surface area contributed by atoms with Gasteiger partial charge in [0.05, 0.1) is 5.25 Å². The third-order valence-corrected chi connectivity index (χ3v) is 7.01. The van der Waals surface area contributed by atoms with E-state index in [-0.39, 0.29) is 0 Å². The van der Waals surface area contributed by atoms with Crippen LogP contribution in [0.25, 0.3) is 0 Å². The molecule has 1 fully saturated rings. The van der Waals surface area contributed by atoms with Crippen molar-refractivity contribution in [1.29, 1.82) is 0 Å². The molecule has 1 aliphatic rings. The molecular formula is C17H26N2O4S. The lowest BCUT2D eigenvalue weighted by atomic mass is 10.2. The molecule has 1 saturated heterocycles. The van der Waals surface area contributed by atoms with Crippen LogP contribution in [0.15, 0.2) is 24.3 Å². The van der Waals surface area contributed by atoms with Crippen molar-refractivity contribution >= 4 is 21.4 Å². The fraction of sp³-hybridized carbons (Fsp3) is 0.588. The molecular weight excluding hydrogens is 328 g/mol. The van der Waals surface area contributed by atoms with Gasteiger partial charge in [-0.2, -0.15) is 0 Å². The van der Waals surface area contributed by atoms with E-state index >= 15 is 0 Å². The van der Waals surface area contributed by atoms with Gasteiger partial charge in [-0.3, -0.25) is 4.79 Å². The molecule has 0 aliphatic carbocycles. The summed E-state index contributed by atoms with van der Waals surface area (Å²) in [6.07, 6.45) is 0.928. The Morgan fingerprint density at radius 3 is 2.38 bits per heavy atom. The van der Waals surface area contributed by atoms with Crippen LogP contribution >= 0.6 is 0 Å². The van der Waals surface area contributed by atoms with Crippen molar-refractivity contribution in [2.24, 2.45) is 0 Å². The van der Waals surface area contributed by atoms with E-state index in [0.717, 1.165) is 11.3 Å². The number of nitrogens with one attached hydrogen (secondary N) is 1. The summed E-state index contributed by atoms with van der Waals surface area (Å²) in [7, 11) is 0.434. The summed E-state index contributed by atoms with van der Waals surface area (Å²) in [4.78, 5) is 14.2. The van der Waals surface area contributed by atoms with Crippen molar-refractivity contribution in [3.05, 3.63) is 29.8 Å². The van der Waals surface area contributed by atoms with Gasteiger partial charge in [-0.15, -0.1) is 0 Å². The van der Waals surface area contributed by atoms with Crippen LogP contribution < -0.4 is 10.2 Å². The molecule has 2 rings (SSSR count). The highest BCUT2D eigenvalue weighted by Gasteiger charge is 2.36. The van der Waals surface area contributed by atoms with Crippen LogP contribution in [0.4, 0.5) is 5.69 Å². The molecule has 1 atom stereocenters. The lowest BCUT2D eigenvalue weighted by Crippen LogP contribution is -2.43. The fourth-order valence-electron chi connectivity index (χ4n) is 2.69. The average Bonchev–Trinajstić information content (AvgIpc) is 2.60. The predicted molar refractivity (Wildman–Crippen MR) is 94.8 cm³/mol. The highest BCUT2D eigenvalue weighted by molar-refractivity contribution is 7.93. The van der Waals surface area contributed by atoms with Gasteiger partial charge < -0.3 is 15.0 Å². The number of carbonyl (C=O) groups is 1. The zero-order valence-corrected chi connectivity index (χ0v) is 15.3. The van der Waals surface area contributed by atoms with Gasteiger partial charge in [-0.1, -0.05) is 12.1 Å². The molecule has 0 aromatic heterocycles. The first kappa shape index (κ1) is 18.7.